The molecule has 1 aromatic carbocycles. The summed E-state index contributed by atoms with van der Waals surface area (Å²) in [6.45, 7) is 4.53. The molecule has 0 saturated carbocycles. The highest BCUT2D eigenvalue weighted by atomic mass is 19.1. The fourth-order valence-corrected chi connectivity index (χ4v) is 2.13. The Morgan fingerprint density at radius 1 is 1.22 bits per heavy atom. The first-order valence-corrected chi connectivity index (χ1v) is 6.73. The van der Waals surface area contributed by atoms with Gasteiger partial charge in [0.15, 0.2) is 0 Å². The van der Waals surface area contributed by atoms with Gasteiger partial charge in [-0.05, 0) is 57.2 Å². The zero-order valence-corrected chi connectivity index (χ0v) is 11.3. The maximum absolute atomic E-state index is 13.0. The van der Waals surface area contributed by atoms with Gasteiger partial charge in [-0.15, -0.1) is 0 Å². The fourth-order valence-electron chi connectivity index (χ4n) is 2.13. The minimum absolute atomic E-state index is 0.163. The Morgan fingerprint density at radius 3 is 2.61 bits per heavy atom. The van der Waals surface area contributed by atoms with Crippen LogP contribution in [0, 0.1) is 5.82 Å². The molecule has 3 heteroatoms. The van der Waals surface area contributed by atoms with E-state index in [1.165, 1.54) is 6.07 Å². The van der Waals surface area contributed by atoms with Crippen molar-refractivity contribution in [2.24, 2.45) is 0 Å². The number of hydrogen-bond donors (Lipinski definition) is 2. The second-order valence-corrected chi connectivity index (χ2v) is 5.00. The van der Waals surface area contributed by atoms with Crippen molar-refractivity contribution in [2.75, 3.05) is 6.61 Å². The summed E-state index contributed by atoms with van der Waals surface area (Å²) in [6.07, 6.45) is 3.71. The lowest BCUT2D eigenvalue weighted by atomic mass is 10.0. The van der Waals surface area contributed by atoms with Gasteiger partial charge in [-0.25, -0.2) is 4.39 Å². The van der Waals surface area contributed by atoms with Gasteiger partial charge in [0.2, 0.25) is 0 Å². The van der Waals surface area contributed by atoms with Gasteiger partial charge in [0.1, 0.15) is 5.82 Å². The number of hydrogen-bond acceptors (Lipinski definition) is 2. The Balaban J connectivity index is 2.26. The zero-order chi connectivity index (χ0) is 13.4. The molecular formula is C15H24FNO. The van der Waals surface area contributed by atoms with E-state index < -0.39 is 0 Å². The molecule has 0 aliphatic rings. The molecule has 0 aliphatic carbocycles. The van der Waals surface area contributed by atoms with Crippen LogP contribution in [0.3, 0.4) is 0 Å². The summed E-state index contributed by atoms with van der Waals surface area (Å²) in [5.41, 5.74) is 1.05. The Hall–Kier alpha value is -0.930. The molecule has 0 saturated heterocycles. The van der Waals surface area contributed by atoms with Crippen molar-refractivity contribution in [3.8, 4) is 0 Å². The van der Waals surface area contributed by atoms with Crippen LogP contribution in [0.25, 0.3) is 0 Å². The van der Waals surface area contributed by atoms with Crippen LogP contribution in [0.2, 0.25) is 0 Å². The number of benzene rings is 1. The molecule has 0 radical (unpaired) electrons. The Morgan fingerprint density at radius 2 is 1.94 bits per heavy atom. The topological polar surface area (TPSA) is 32.3 Å². The van der Waals surface area contributed by atoms with E-state index in [4.69, 9.17) is 5.11 Å². The normalized spacial score (nSPS) is 14.4. The second kappa shape index (κ2) is 8.22. The van der Waals surface area contributed by atoms with Gasteiger partial charge >= 0.3 is 0 Å². The van der Waals surface area contributed by atoms with Crippen LogP contribution in [-0.4, -0.2) is 23.8 Å². The van der Waals surface area contributed by atoms with Crippen LogP contribution >= 0.6 is 0 Å². The Kier molecular flexibility index (Phi) is 6.91. The van der Waals surface area contributed by atoms with Crippen LogP contribution in [0.5, 0.6) is 0 Å². The lowest BCUT2D eigenvalue weighted by Gasteiger charge is -2.19. The van der Waals surface area contributed by atoms with Gasteiger partial charge < -0.3 is 10.4 Å². The average molecular weight is 253 g/mol. The van der Waals surface area contributed by atoms with Crippen LogP contribution < -0.4 is 5.32 Å². The van der Waals surface area contributed by atoms with Crippen molar-refractivity contribution in [3.05, 3.63) is 35.6 Å². The van der Waals surface area contributed by atoms with Crippen molar-refractivity contribution in [2.45, 2.75) is 51.6 Å². The summed E-state index contributed by atoms with van der Waals surface area (Å²) in [5, 5.41) is 12.3. The predicted molar refractivity (Wildman–Crippen MR) is 73.1 cm³/mol. The SMILES string of the molecule is CC(CCCO)NC(C)CCc1cccc(F)c1. The molecule has 0 aliphatic heterocycles. The molecule has 0 spiro atoms. The Bertz CT molecular complexity index is 343. The minimum atomic E-state index is -0.163. The number of aryl methyl sites for hydroxylation is 1. The summed E-state index contributed by atoms with van der Waals surface area (Å²) in [5.74, 6) is -0.163. The molecule has 1 rings (SSSR count). The van der Waals surface area contributed by atoms with Crippen molar-refractivity contribution in [1.82, 2.24) is 5.32 Å². The first-order valence-electron chi connectivity index (χ1n) is 6.73. The molecule has 18 heavy (non-hydrogen) atoms. The van der Waals surface area contributed by atoms with Crippen LogP contribution in [0.4, 0.5) is 4.39 Å². The Labute approximate surface area is 109 Å². The first kappa shape index (κ1) is 15.1. The standard InChI is InChI=1S/C15H24FNO/c1-12(5-4-10-18)17-13(2)8-9-14-6-3-7-15(16)11-14/h3,6-7,11-13,17-18H,4-5,8-10H2,1-2H3. The molecule has 2 unspecified atom stereocenters. The molecule has 102 valence electrons. The number of rotatable bonds is 8. The molecule has 0 bridgehead atoms. The van der Waals surface area contributed by atoms with E-state index in [2.05, 4.69) is 19.2 Å². The van der Waals surface area contributed by atoms with E-state index in [0.29, 0.717) is 12.1 Å². The summed E-state index contributed by atoms with van der Waals surface area (Å²) < 4.78 is 13.0. The molecule has 0 amide bonds. The molecule has 2 N–H and O–H groups in total. The van der Waals surface area contributed by atoms with Crippen molar-refractivity contribution >= 4 is 0 Å². The third kappa shape index (κ3) is 6.12. The summed E-state index contributed by atoms with van der Waals surface area (Å²) >= 11 is 0. The monoisotopic (exact) mass is 253 g/mol. The van der Waals surface area contributed by atoms with E-state index in [9.17, 15) is 4.39 Å². The number of aliphatic hydroxyl groups is 1. The number of nitrogens with one attached hydrogen (secondary N) is 1. The van der Waals surface area contributed by atoms with Gasteiger partial charge in [0, 0.05) is 18.7 Å². The largest absolute Gasteiger partial charge is 0.396 e. The quantitative estimate of drug-likeness (QED) is 0.746. The highest BCUT2D eigenvalue weighted by molar-refractivity contribution is 5.16. The van der Waals surface area contributed by atoms with Crippen molar-refractivity contribution in [3.63, 3.8) is 0 Å². The third-order valence-corrected chi connectivity index (χ3v) is 3.12. The lowest BCUT2D eigenvalue weighted by molar-refractivity contribution is 0.273. The van der Waals surface area contributed by atoms with Crippen molar-refractivity contribution < 1.29 is 9.50 Å². The summed E-state index contributed by atoms with van der Waals surface area (Å²) in [4.78, 5) is 0. The average Bonchev–Trinajstić information content (AvgIpc) is 2.34. The van der Waals surface area contributed by atoms with Crippen LogP contribution in [0.1, 0.15) is 38.7 Å². The van der Waals surface area contributed by atoms with Gasteiger partial charge in [-0.2, -0.15) is 0 Å². The molecule has 0 fully saturated rings. The predicted octanol–water partition coefficient (Wildman–Crippen LogP) is 2.90. The molecule has 1 aromatic rings. The van der Waals surface area contributed by atoms with Gasteiger partial charge in [0.25, 0.3) is 0 Å². The zero-order valence-electron chi connectivity index (χ0n) is 11.3. The smallest absolute Gasteiger partial charge is 0.123 e. The molecule has 0 aromatic heterocycles. The highest BCUT2D eigenvalue weighted by Crippen LogP contribution is 2.08. The lowest BCUT2D eigenvalue weighted by Crippen LogP contribution is -2.34. The number of aliphatic hydroxyl groups excluding tert-OH is 1. The first-order chi connectivity index (χ1) is 8.61. The van der Waals surface area contributed by atoms with Crippen LogP contribution in [-0.2, 0) is 6.42 Å². The molecular weight excluding hydrogens is 229 g/mol. The van der Waals surface area contributed by atoms with E-state index in [1.54, 1.807) is 12.1 Å². The minimum Gasteiger partial charge on any atom is -0.396 e. The molecule has 2 nitrogen and oxygen atoms in total. The van der Waals surface area contributed by atoms with Gasteiger partial charge in [-0.3, -0.25) is 0 Å². The van der Waals surface area contributed by atoms with Gasteiger partial charge in [0.05, 0.1) is 0 Å². The molecule has 2 atom stereocenters. The van der Waals surface area contributed by atoms with Gasteiger partial charge in [-0.1, -0.05) is 12.1 Å². The number of halogens is 1. The van der Waals surface area contributed by atoms with Crippen molar-refractivity contribution in [1.29, 1.82) is 0 Å². The summed E-state index contributed by atoms with van der Waals surface area (Å²) in [6, 6.07) is 7.61. The maximum Gasteiger partial charge on any atom is 0.123 e. The van der Waals surface area contributed by atoms with Crippen LogP contribution in [0.15, 0.2) is 24.3 Å². The van der Waals surface area contributed by atoms with E-state index in [0.717, 1.165) is 31.2 Å². The highest BCUT2D eigenvalue weighted by Gasteiger charge is 2.07. The fraction of sp³-hybridized carbons (Fsp3) is 0.600. The molecule has 0 heterocycles. The maximum atomic E-state index is 13.0. The summed E-state index contributed by atoms with van der Waals surface area (Å²) in [7, 11) is 0. The van der Waals surface area contributed by atoms with E-state index >= 15 is 0 Å². The third-order valence-electron chi connectivity index (χ3n) is 3.12. The second-order valence-electron chi connectivity index (χ2n) is 5.00. The van der Waals surface area contributed by atoms with E-state index in [1.807, 2.05) is 6.07 Å². The van der Waals surface area contributed by atoms with E-state index in [-0.39, 0.29) is 12.4 Å².